The lowest BCUT2D eigenvalue weighted by atomic mass is 10.2. The topological polar surface area (TPSA) is 151 Å². The van der Waals surface area contributed by atoms with Gasteiger partial charge in [-0.05, 0) is 18.6 Å². The highest BCUT2D eigenvalue weighted by Gasteiger charge is 2.37. The Morgan fingerprint density at radius 3 is 2.81 bits per heavy atom. The summed E-state index contributed by atoms with van der Waals surface area (Å²) in [4.78, 5) is 57.5. The molecule has 3 aromatic rings. The lowest BCUT2D eigenvalue weighted by Crippen LogP contribution is -2.49. The van der Waals surface area contributed by atoms with Gasteiger partial charge in [0.05, 0.1) is 43.3 Å². The van der Waals surface area contributed by atoms with Crippen LogP contribution >= 0.6 is 0 Å². The number of hydrogen-bond donors (Lipinski definition) is 2. The van der Waals surface area contributed by atoms with Gasteiger partial charge in [0.1, 0.15) is 29.5 Å². The summed E-state index contributed by atoms with van der Waals surface area (Å²) in [6, 6.07) is 4.11. The zero-order chi connectivity index (χ0) is 26.3. The van der Waals surface area contributed by atoms with Crippen LogP contribution in [0.5, 0.6) is 0 Å². The average molecular weight is 513 g/mol. The van der Waals surface area contributed by atoms with Crippen LogP contribution in [0.25, 0.3) is 5.65 Å². The van der Waals surface area contributed by atoms with Gasteiger partial charge < -0.3 is 29.5 Å². The molecule has 0 saturated carbocycles. The number of amides is 3. The van der Waals surface area contributed by atoms with E-state index in [1.165, 1.54) is 24.9 Å². The molecule has 0 unspecified atom stereocenters. The number of anilines is 1. The fourth-order valence-electron chi connectivity index (χ4n) is 4.57. The van der Waals surface area contributed by atoms with E-state index in [1.54, 1.807) is 6.07 Å². The Bertz CT molecular complexity index is 1450. The number of morpholine rings is 1. The number of carbonyl (C=O) groups is 3. The van der Waals surface area contributed by atoms with Crippen molar-refractivity contribution in [2.45, 2.75) is 32.5 Å². The molecule has 13 nitrogen and oxygen atoms in total. The van der Waals surface area contributed by atoms with Crippen molar-refractivity contribution in [2.24, 2.45) is 0 Å². The quantitative estimate of drug-likeness (QED) is 0.485. The molecular formula is C23H24FN7O6. The molecule has 1 saturated heterocycles. The molecule has 3 amide bonds. The lowest BCUT2D eigenvalue weighted by molar-refractivity contribution is -0.116. The van der Waals surface area contributed by atoms with Gasteiger partial charge in [-0.1, -0.05) is 6.92 Å². The summed E-state index contributed by atoms with van der Waals surface area (Å²) in [6.07, 6.45) is -0.124. The first-order chi connectivity index (χ1) is 17.7. The molecule has 0 bridgehead atoms. The third-order valence-corrected chi connectivity index (χ3v) is 6.35. The van der Waals surface area contributed by atoms with Crippen LogP contribution in [0.2, 0.25) is 0 Å². The smallest absolute Gasteiger partial charge is 0.407 e. The number of halogens is 1. The van der Waals surface area contributed by atoms with Crippen molar-refractivity contribution in [2.75, 3.05) is 31.6 Å². The highest BCUT2D eigenvalue weighted by Crippen LogP contribution is 2.24. The van der Waals surface area contributed by atoms with Crippen LogP contribution in [0.1, 0.15) is 28.7 Å². The number of nitrogens with zero attached hydrogens (tertiary/aromatic N) is 6. The Morgan fingerprint density at radius 1 is 1.30 bits per heavy atom. The van der Waals surface area contributed by atoms with Crippen LogP contribution in [0.4, 0.5) is 15.0 Å². The number of aryl methyl sites for hydroxylation is 1. The summed E-state index contributed by atoms with van der Waals surface area (Å²) in [5.41, 5.74) is 0.678. The zero-order valence-corrected chi connectivity index (χ0v) is 19.9. The summed E-state index contributed by atoms with van der Waals surface area (Å²) in [5, 5.41) is 16.2. The van der Waals surface area contributed by atoms with Crippen molar-refractivity contribution >= 4 is 29.4 Å². The predicted octanol–water partition coefficient (Wildman–Crippen LogP) is 0.566. The van der Waals surface area contributed by atoms with Crippen LogP contribution in [0.15, 0.2) is 29.2 Å². The second-order valence-corrected chi connectivity index (χ2v) is 8.79. The number of fused-ring (bicyclic) bond motifs is 2. The maximum atomic E-state index is 13.5. The van der Waals surface area contributed by atoms with Crippen LogP contribution < -0.4 is 10.9 Å². The molecule has 194 valence electrons. The first kappa shape index (κ1) is 24.4. The van der Waals surface area contributed by atoms with Gasteiger partial charge in [0, 0.05) is 19.2 Å². The molecule has 2 aliphatic heterocycles. The van der Waals surface area contributed by atoms with Crippen LogP contribution in [-0.2, 0) is 29.0 Å². The maximum Gasteiger partial charge on any atom is 0.407 e. The fraction of sp³-hybridized carbons (Fsp3) is 0.391. The minimum absolute atomic E-state index is 0.0294. The molecule has 5 heterocycles. The van der Waals surface area contributed by atoms with Gasteiger partial charge in [-0.15, -0.1) is 0 Å². The Morgan fingerprint density at radius 2 is 2.11 bits per heavy atom. The highest BCUT2D eigenvalue weighted by molar-refractivity contribution is 5.98. The summed E-state index contributed by atoms with van der Waals surface area (Å²) in [6.45, 7) is 2.11. The summed E-state index contributed by atoms with van der Waals surface area (Å²) < 4.78 is 21.5. The Balaban J connectivity index is 1.47. The number of ether oxygens (including phenoxy) is 1. The second-order valence-electron chi connectivity index (χ2n) is 8.79. The minimum Gasteiger partial charge on any atom is -0.465 e. The van der Waals surface area contributed by atoms with E-state index in [1.807, 2.05) is 6.92 Å². The monoisotopic (exact) mass is 513 g/mol. The predicted molar refractivity (Wildman–Crippen MR) is 126 cm³/mol. The van der Waals surface area contributed by atoms with E-state index >= 15 is 0 Å². The van der Waals surface area contributed by atoms with Gasteiger partial charge in [0.15, 0.2) is 0 Å². The van der Waals surface area contributed by atoms with Gasteiger partial charge in [-0.3, -0.25) is 14.4 Å². The highest BCUT2D eigenvalue weighted by atomic mass is 19.1. The third kappa shape index (κ3) is 4.62. The van der Waals surface area contributed by atoms with Gasteiger partial charge in [0.25, 0.3) is 11.5 Å². The molecule has 2 aliphatic rings. The molecule has 2 N–H and O–H groups in total. The van der Waals surface area contributed by atoms with E-state index in [2.05, 4.69) is 15.4 Å². The second kappa shape index (κ2) is 9.61. The summed E-state index contributed by atoms with van der Waals surface area (Å²) in [5.74, 6) is -1.43. The number of carboxylic acid groups (broad SMARTS) is 1. The van der Waals surface area contributed by atoms with E-state index < -0.39 is 35.4 Å². The SMILES string of the molecule is CCc1cc2n(CC(=O)Nc3ccc(F)cn3)c3c(c(=O)n2n1)CN(C[C@H]1CN(C(=O)O)CCO1)C3=O. The van der Waals surface area contributed by atoms with Crippen molar-refractivity contribution in [3.63, 3.8) is 0 Å². The number of hydrogen-bond acceptors (Lipinski definition) is 7. The fourth-order valence-corrected chi connectivity index (χ4v) is 4.57. The molecule has 0 spiro atoms. The Labute approximate surface area is 209 Å². The van der Waals surface area contributed by atoms with Crippen LogP contribution in [0.3, 0.4) is 0 Å². The molecule has 1 fully saturated rings. The van der Waals surface area contributed by atoms with Crippen LogP contribution in [0, 0.1) is 5.82 Å². The van der Waals surface area contributed by atoms with E-state index in [9.17, 15) is 28.7 Å². The zero-order valence-electron chi connectivity index (χ0n) is 19.9. The molecule has 5 rings (SSSR count). The Kier molecular flexibility index (Phi) is 6.33. The largest absolute Gasteiger partial charge is 0.465 e. The molecule has 14 heteroatoms. The summed E-state index contributed by atoms with van der Waals surface area (Å²) in [7, 11) is 0. The molecule has 3 aromatic heterocycles. The lowest BCUT2D eigenvalue weighted by Gasteiger charge is -2.33. The number of aromatic nitrogens is 4. The molecule has 0 aromatic carbocycles. The van der Waals surface area contributed by atoms with E-state index in [0.717, 1.165) is 12.3 Å². The summed E-state index contributed by atoms with van der Waals surface area (Å²) >= 11 is 0. The number of nitrogens with one attached hydrogen (secondary N) is 1. The number of rotatable bonds is 6. The minimum atomic E-state index is -1.07. The standard InChI is InChI=1S/C23H24FN7O6/c1-2-14-7-19-30(12-18(32)26-17-4-3-13(24)8-25-17)20-16(21(33)31(19)27-14)11-29(22(20)34)10-15-9-28(23(35)36)5-6-37-15/h3-4,7-8,15H,2,5-6,9-12H2,1H3,(H,35,36)(H,25,26,32)/t15-/m1/s1. The van der Waals surface area contributed by atoms with Gasteiger partial charge in [-0.25, -0.2) is 14.2 Å². The van der Waals surface area contributed by atoms with Gasteiger partial charge >= 0.3 is 6.09 Å². The van der Waals surface area contributed by atoms with Gasteiger partial charge in [-0.2, -0.15) is 9.61 Å². The van der Waals surface area contributed by atoms with E-state index in [0.29, 0.717) is 12.1 Å². The molecule has 1 atom stereocenters. The van der Waals surface area contributed by atoms with Crippen molar-refractivity contribution in [1.82, 2.24) is 29.0 Å². The third-order valence-electron chi connectivity index (χ3n) is 6.35. The van der Waals surface area contributed by atoms with Crippen molar-refractivity contribution in [3.05, 3.63) is 57.5 Å². The normalized spacial score (nSPS) is 17.4. The first-order valence-electron chi connectivity index (χ1n) is 11.7. The number of carbonyl (C=O) groups excluding carboxylic acids is 2. The van der Waals surface area contributed by atoms with Gasteiger partial charge in [0.2, 0.25) is 5.91 Å². The molecule has 37 heavy (non-hydrogen) atoms. The number of pyridine rings is 1. The van der Waals surface area contributed by atoms with Crippen molar-refractivity contribution in [3.8, 4) is 0 Å². The van der Waals surface area contributed by atoms with Crippen molar-refractivity contribution < 1.29 is 28.6 Å². The average Bonchev–Trinajstić information content (AvgIpc) is 3.46. The first-order valence-corrected chi connectivity index (χ1v) is 11.7. The molecular weight excluding hydrogens is 489 g/mol. The molecule has 0 radical (unpaired) electrons. The van der Waals surface area contributed by atoms with E-state index in [-0.39, 0.29) is 62.1 Å². The molecule has 0 aliphatic carbocycles. The van der Waals surface area contributed by atoms with Crippen molar-refractivity contribution in [1.29, 1.82) is 0 Å². The van der Waals surface area contributed by atoms with Crippen LogP contribution in [-0.4, -0.2) is 84.3 Å². The maximum absolute atomic E-state index is 13.5. The van der Waals surface area contributed by atoms with E-state index in [4.69, 9.17) is 4.74 Å². The Hall–Kier alpha value is -4.33.